The smallest absolute Gasteiger partial charge is 0.182 e. The molecule has 0 amide bonds. The Balaban J connectivity index is 0.000000882. The van der Waals surface area contributed by atoms with E-state index in [-0.39, 0.29) is 24.8 Å². The van der Waals surface area contributed by atoms with Gasteiger partial charge in [0, 0.05) is 32.3 Å². The van der Waals surface area contributed by atoms with Crippen molar-refractivity contribution in [2.75, 3.05) is 13.1 Å². The average Bonchev–Trinajstić information content (AvgIpc) is 2.89. The number of pyridine rings is 1. The summed E-state index contributed by atoms with van der Waals surface area (Å²) in [6, 6.07) is 6.02. The van der Waals surface area contributed by atoms with Crippen molar-refractivity contribution in [3.8, 4) is 11.5 Å². The lowest BCUT2D eigenvalue weighted by Crippen LogP contribution is -2.17. The topological polar surface area (TPSA) is 60.0 Å². The molecule has 0 atom stereocenters. The summed E-state index contributed by atoms with van der Waals surface area (Å²) in [7, 11) is 0. The fourth-order valence-corrected chi connectivity index (χ4v) is 2.83. The predicted molar refractivity (Wildman–Crippen MR) is 90.0 cm³/mol. The lowest BCUT2D eigenvalue weighted by atomic mass is 10.3. The molecule has 22 heavy (non-hydrogen) atoms. The highest BCUT2D eigenvalue weighted by molar-refractivity contribution is 5.85. The van der Waals surface area contributed by atoms with E-state index in [0.717, 1.165) is 54.7 Å². The quantitative estimate of drug-likeness (QED) is 0.734. The first kappa shape index (κ1) is 16.7. The van der Waals surface area contributed by atoms with Crippen molar-refractivity contribution in [3.63, 3.8) is 0 Å². The molecule has 0 saturated carbocycles. The second-order valence-corrected chi connectivity index (χ2v) is 5.07. The van der Waals surface area contributed by atoms with Gasteiger partial charge in [0.05, 0.1) is 5.69 Å². The fourth-order valence-electron chi connectivity index (χ4n) is 2.83. The Morgan fingerprint density at radius 2 is 2.00 bits per heavy atom. The molecular formula is C14H18Cl2N6. The van der Waals surface area contributed by atoms with E-state index in [9.17, 15) is 0 Å². The van der Waals surface area contributed by atoms with Gasteiger partial charge in [0.1, 0.15) is 17.2 Å². The van der Waals surface area contributed by atoms with Crippen molar-refractivity contribution in [1.82, 2.24) is 29.5 Å². The van der Waals surface area contributed by atoms with Crippen LogP contribution in [-0.2, 0) is 13.0 Å². The summed E-state index contributed by atoms with van der Waals surface area (Å²) in [6.07, 6.45) is 2.95. The van der Waals surface area contributed by atoms with Crippen molar-refractivity contribution < 1.29 is 0 Å². The minimum absolute atomic E-state index is 0. The van der Waals surface area contributed by atoms with E-state index in [1.807, 2.05) is 31.3 Å². The molecule has 0 spiro atoms. The van der Waals surface area contributed by atoms with Crippen LogP contribution in [-0.4, -0.2) is 37.2 Å². The Morgan fingerprint density at radius 3 is 2.86 bits per heavy atom. The van der Waals surface area contributed by atoms with Gasteiger partial charge in [0.2, 0.25) is 0 Å². The highest BCUT2D eigenvalue weighted by atomic mass is 35.5. The molecule has 3 aromatic rings. The highest BCUT2D eigenvalue weighted by Gasteiger charge is 2.20. The molecule has 6 nitrogen and oxygen atoms in total. The SMILES string of the molecule is Cc1nc2ccccn2c1-c1nnc2n1CCNCC2.Cl.Cl. The van der Waals surface area contributed by atoms with Crippen molar-refractivity contribution in [3.05, 3.63) is 35.9 Å². The van der Waals surface area contributed by atoms with Crippen molar-refractivity contribution in [2.45, 2.75) is 19.9 Å². The minimum atomic E-state index is 0. The van der Waals surface area contributed by atoms with Gasteiger partial charge >= 0.3 is 0 Å². The number of aromatic nitrogens is 5. The number of hydrogen-bond acceptors (Lipinski definition) is 4. The first-order chi connectivity index (χ1) is 9.84. The van der Waals surface area contributed by atoms with Crippen LogP contribution in [0, 0.1) is 6.92 Å². The van der Waals surface area contributed by atoms with Gasteiger partial charge in [-0.05, 0) is 19.1 Å². The first-order valence-corrected chi connectivity index (χ1v) is 6.91. The fraction of sp³-hybridized carbons (Fsp3) is 0.357. The van der Waals surface area contributed by atoms with Gasteiger partial charge in [-0.3, -0.25) is 4.40 Å². The zero-order chi connectivity index (χ0) is 13.5. The van der Waals surface area contributed by atoms with E-state index >= 15 is 0 Å². The second-order valence-electron chi connectivity index (χ2n) is 5.07. The summed E-state index contributed by atoms with van der Waals surface area (Å²) < 4.78 is 4.30. The lowest BCUT2D eigenvalue weighted by molar-refractivity contribution is 0.646. The Hall–Kier alpha value is -1.63. The van der Waals surface area contributed by atoms with Crippen LogP contribution in [0.1, 0.15) is 11.5 Å². The Morgan fingerprint density at radius 1 is 1.14 bits per heavy atom. The van der Waals surface area contributed by atoms with Gasteiger partial charge in [-0.2, -0.15) is 0 Å². The summed E-state index contributed by atoms with van der Waals surface area (Å²) in [5, 5.41) is 12.2. The number of rotatable bonds is 1. The molecule has 4 heterocycles. The zero-order valence-corrected chi connectivity index (χ0v) is 13.8. The van der Waals surface area contributed by atoms with Crippen LogP contribution in [0.4, 0.5) is 0 Å². The van der Waals surface area contributed by atoms with Gasteiger partial charge in [-0.15, -0.1) is 35.0 Å². The maximum atomic E-state index is 4.61. The summed E-state index contributed by atoms with van der Waals surface area (Å²) in [4.78, 5) is 4.61. The predicted octanol–water partition coefficient (Wildman–Crippen LogP) is 1.89. The summed E-state index contributed by atoms with van der Waals surface area (Å²) in [5.41, 5.74) is 2.98. The van der Waals surface area contributed by atoms with Crippen LogP contribution in [0.3, 0.4) is 0 Å². The lowest BCUT2D eigenvalue weighted by Gasteiger charge is -2.07. The van der Waals surface area contributed by atoms with Crippen LogP contribution >= 0.6 is 24.8 Å². The van der Waals surface area contributed by atoms with Gasteiger partial charge < -0.3 is 9.88 Å². The highest BCUT2D eigenvalue weighted by Crippen LogP contribution is 2.24. The number of imidazole rings is 1. The van der Waals surface area contributed by atoms with E-state index in [0.29, 0.717) is 0 Å². The summed E-state index contributed by atoms with van der Waals surface area (Å²) in [5.74, 6) is 1.97. The monoisotopic (exact) mass is 340 g/mol. The molecule has 1 aliphatic rings. The zero-order valence-electron chi connectivity index (χ0n) is 12.2. The number of hydrogen-bond donors (Lipinski definition) is 1. The molecule has 0 radical (unpaired) electrons. The van der Waals surface area contributed by atoms with E-state index in [2.05, 4.69) is 29.5 Å². The molecule has 1 N–H and O–H groups in total. The number of nitrogens with one attached hydrogen (secondary N) is 1. The third-order valence-corrected chi connectivity index (χ3v) is 3.78. The van der Waals surface area contributed by atoms with Crippen LogP contribution in [0.15, 0.2) is 24.4 Å². The number of aryl methyl sites for hydroxylation is 1. The Kier molecular flexibility index (Phi) is 5.05. The molecule has 1 aliphatic heterocycles. The number of halogens is 2. The van der Waals surface area contributed by atoms with E-state index in [1.54, 1.807) is 0 Å². The molecule has 0 aromatic carbocycles. The summed E-state index contributed by atoms with van der Waals surface area (Å²) in [6.45, 7) is 4.84. The van der Waals surface area contributed by atoms with E-state index in [4.69, 9.17) is 0 Å². The molecule has 4 rings (SSSR count). The van der Waals surface area contributed by atoms with Crippen molar-refractivity contribution in [2.24, 2.45) is 0 Å². The first-order valence-electron chi connectivity index (χ1n) is 6.91. The van der Waals surface area contributed by atoms with Crippen LogP contribution in [0.5, 0.6) is 0 Å². The van der Waals surface area contributed by atoms with E-state index in [1.165, 1.54) is 0 Å². The van der Waals surface area contributed by atoms with Crippen LogP contribution < -0.4 is 5.32 Å². The van der Waals surface area contributed by atoms with Gasteiger partial charge in [0.25, 0.3) is 0 Å². The van der Waals surface area contributed by atoms with Crippen LogP contribution in [0.25, 0.3) is 17.2 Å². The van der Waals surface area contributed by atoms with Crippen molar-refractivity contribution >= 4 is 30.5 Å². The molecule has 0 aliphatic carbocycles. The average molecular weight is 341 g/mol. The maximum Gasteiger partial charge on any atom is 0.182 e. The largest absolute Gasteiger partial charge is 0.315 e. The van der Waals surface area contributed by atoms with Crippen molar-refractivity contribution in [1.29, 1.82) is 0 Å². The standard InChI is InChI=1S/C14H16N6.2ClH/c1-10-13(19-8-3-2-4-11(19)16-10)14-18-17-12-5-6-15-7-9-20(12)14;;/h2-4,8,15H,5-7,9H2,1H3;2*1H. The molecule has 118 valence electrons. The number of nitrogens with zero attached hydrogens (tertiary/aromatic N) is 5. The van der Waals surface area contributed by atoms with Crippen LogP contribution in [0.2, 0.25) is 0 Å². The molecular weight excluding hydrogens is 323 g/mol. The van der Waals surface area contributed by atoms with Gasteiger partial charge in [0.15, 0.2) is 5.82 Å². The van der Waals surface area contributed by atoms with E-state index < -0.39 is 0 Å². The molecule has 0 fully saturated rings. The Bertz CT molecular complexity index is 779. The third-order valence-electron chi connectivity index (χ3n) is 3.78. The molecule has 8 heteroatoms. The molecule has 0 saturated heterocycles. The number of fused-ring (bicyclic) bond motifs is 2. The van der Waals surface area contributed by atoms with Gasteiger partial charge in [-0.25, -0.2) is 4.98 Å². The van der Waals surface area contributed by atoms with Gasteiger partial charge in [-0.1, -0.05) is 6.07 Å². The maximum absolute atomic E-state index is 4.61. The Labute approximate surface area is 140 Å². The summed E-state index contributed by atoms with van der Waals surface area (Å²) >= 11 is 0. The minimum Gasteiger partial charge on any atom is -0.315 e. The third kappa shape index (κ3) is 2.58. The molecule has 0 bridgehead atoms. The normalized spacial score (nSPS) is 13.9. The second kappa shape index (κ2) is 6.64. The molecule has 3 aromatic heterocycles. The molecule has 0 unspecified atom stereocenters.